The van der Waals surface area contributed by atoms with Crippen molar-refractivity contribution in [3.8, 4) is 0 Å². The summed E-state index contributed by atoms with van der Waals surface area (Å²) in [5.41, 5.74) is 0.484. The molecule has 1 amide bonds. The third-order valence-electron chi connectivity index (χ3n) is 3.79. The fourth-order valence-corrected chi connectivity index (χ4v) is 3.39. The maximum Gasteiger partial charge on any atom is 0.324 e. The molecule has 0 aromatic heterocycles. The molecule has 1 atom stereocenters. The molecule has 0 radical (unpaired) electrons. The Morgan fingerprint density at radius 2 is 1.96 bits per heavy atom. The average molecular weight is 395 g/mol. The summed E-state index contributed by atoms with van der Waals surface area (Å²) >= 11 is 1.83. The Bertz CT molecular complexity index is 612. The number of nitrogens with one attached hydrogen (secondary N) is 1. The van der Waals surface area contributed by atoms with Crippen LogP contribution in [0.4, 0.5) is 0 Å². The molecule has 0 saturated heterocycles. The monoisotopic (exact) mass is 394 g/mol. The van der Waals surface area contributed by atoms with E-state index in [2.05, 4.69) is 24.4 Å². The molecule has 27 heavy (non-hydrogen) atoms. The number of hydrogen-bond donors (Lipinski definition) is 1. The molecule has 1 aromatic carbocycles. The summed E-state index contributed by atoms with van der Waals surface area (Å²) in [4.78, 5) is 27.2. The van der Waals surface area contributed by atoms with E-state index in [4.69, 9.17) is 4.74 Å². The summed E-state index contributed by atoms with van der Waals surface area (Å²) in [6, 6.07) is 7.67. The molecule has 0 bridgehead atoms. The lowest BCUT2D eigenvalue weighted by molar-refractivity contribution is -0.157. The lowest BCUT2D eigenvalue weighted by atomic mass is 10.1. The second kappa shape index (κ2) is 11.3. The number of unbranched alkanes of at least 4 members (excludes halogenated alkanes) is 1. The van der Waals surface area contributed by atoms with Gasteiger partial charge in [-0.25, -0.2) is 0 Å². The minimum atomic E-state index is -0.569. The van der Waals surface area contributed by atoms with Crippen LogP contribution in [0.5, 0.6) is 0 Å². The van der Waals surface area contributed by atoms with Gasteiger partial charge in [-0.3, -0.25) is 14.9 Å². The Morgan fingerprint density at radius 3 is 2.56 bits per heavy atom. The SMILES string of the molecule is CCCCSc1cccc(CC(NCC(=O)N(C)C)C(=O)OC(C)(C)C)c1. The summed E-state index contributed by atoms with van der Waals surface area (Å²) in [5, 5.41) is 3.07. The maximum absolute atomic E-state index is 12.6. The third-order valence-corrected chi connectivity index (χ3v) is 4.87. The molecule has 0 heterocycles. The van der Waals surface area contributed by atoms with Gasteiger partial charge in [0.1, 0.15) is 11.6 Å². The molecule has 1 unspecified atom stereocenters. The minimum Gasteiger partial charge on any atom is -0.459 e. The quantitative estimate of drug-likeness (QED) is 0.374. The van der Waals surface area contributed by atoms with E-state index in [-0.39, 0.29) is 18.4 Å². The van der Waals surface area contributed by atoms with Gasteiger partial charge in [-0.1, -0.05) is 25.5 Å². The number of carbonyl (C=O) groups excluding carboxylic acids is 2. The van der Waals surface area contributed by atoms with Crippen LogP contribution >= 0.6 is 11.8 Å². The van der Waals surface area contributed by atoms with Crippen molar-refractivity contribution >= 4 is 23.6 Å². The second-order valence-electron chi connectivity index (χ2n) is 7.81. The second-order valence-corrected chi connectivity index (χ2v) is 8.98. The van der Waals surface area contributed by atoms with Crippen molar-refractivity contribution in [2.75, 3.05) is 26.4 Å². The van der Waals surface area contributed by atoms with Crippen LogP contribution in [0.25, 0.3) is 0 Å². The zero-order chi connectivity index (χ0) is 20.4. The molecule has 0 aliphatic rings. The molecular formula is C21H34N2O3S. The van der Waals surface area contributed by atoms with Crippen molar-refractivity contribution in [1.29, 1.82) is 0 Å². The Balaban J connectivity index is 2.84. The number of nitrogens with zero attached hydrogens (tertiary/aromatic N) is 1. The fraction of sp³-hybridized carbons (Fsp3) is 0.619. The van der Waals surface area contributed by atoms with Crippen LogP contribution in [0, 0.1) is 0 Å². The highest BCUT2D eigenvalue weighted by Gasteiger charge is 2.26. The van der Waals surface area contributed by atoms with Crippen LogP contribution in [0.2, 0.25) is 0 Å². The van der Waals surface area contributed by atoms with Gasteiger partial charge in [0.2, 0.25) is 5.91 Å². The smallest absolute Gasteiger partial charge is 0.324 e. The van der Waals surface area contributed by atoms with Crippen molar-refractivity contribution in [2.45, 2.75) is 63.5 Å². The lowest BCUT2D eigenvalue weighted by Gasteiger charge is -2.25. The van der Waals surface area contributed by atoms with Gasteiger partial charge in [-0.15, -0.1) is 11.8 Å². The van der Waals surface area contributed by atoms with E-state index in [9.17, 15) is 9.59 Å². The van der Waals surface area contributed by atoms with Crippen LogP contribution in [-0.2, 0) is 20.7 Å². The Hall–Kier alpha value is -1.53. The van der Waals surface area contributed by atoms with Crippen LogP contribution in [0.15, 0.2) is 29.2 Å². The predicted octanol–water partition coefficient (Wildman–Crippen LogP) is 3.51. The number of hydrogen-bond acceptors (Lipinski definition) is 5. The van der Waals surface area contributed by atoms with Gasteiger partial charge in [-0.05, 0) is 57.1 Å². The zero-order valence-electron chi connectivity index (χ0n) is 17.5. The Morgan fingerprint density at radius 1 is 1.26 bits per heavy atom. The van der Waals surface area contributed by atoms with Crippen molar-refractivity contribution in [1.82, 2.24) is 10.2 Å². The number of benzene rings is 1. The first-order chi connectivity index (χ1) is 12.6. The topological polar surface area (TPSA) is 58.6 Å². The number of rotatable bonds is 10. The number of amides is 1. The molecular weight excluding hydrogens is 360 g/mol. The first kappa shape index (κ1) is 23.5. The molecule has 6 heteroatoms. The van der Waals surface area contributed by atoms with Gasteiger partial charge in [0.15, 0.2) is 0 Å². The molecule has 1 aromatic rings. The molecule has 152 valence electrons. The molecule has 0 spiro atoms. The molecule has 0 aliphatic heterocycles. The van der Waals surface area contributed by atoms with Crippen molar-refractivity contribution < 1.29 is 14.3 Å². The van der Waals surface area contributed by atoms with Gasteiger partial charge in [-0.2, -0.15) is 0 Å². The highest BCUT2D eigenvalue weighted by atomic mass is 32.2. The normalized spacial score (nSPS) is 12.5. The first-order valence-corrected chi connectivity index (χ1v) is 10.5. The van der Waals surface area contributed by atoms with Gasteiger partial charge in [0.25, 0.3) is 0 Å². The first-order valence-electron chi connectivity index (χ1n) is 9.50. The highest BCUT2D eigenvalue weighted by Crippen LogP contribution is 2.21. The largest absolute Gasteiger partial charge is 0.459 e. The molecule has 1 N–H and O–H groups in total. The van der Waals surface area contributed by atoms with Gasteiger partial charge in [0.05, 0.1) is 6.54 Å². The van der Waals surface area contributed by atoms with Crippen molar-refractivity contribution in [3.05, 3.63) is 29.8 Å². The average Bonchev–Trinajstić information content (AvgIpc) is 2.57. The van der Waals surface area contributed by atoms with E-state index in [0.717, 1.165) is 11.3 Å². The van der Waals surface area contributed by atoms with E-state index in [0.29, 0.717) is 6.42 Å². The molecule has 0 saturated carbocycles. The van der Waals surface area contributed by atoms with E-state index in [1.807, 2.05) is 44.7 Å². The van der Waals surface area contributed by atoms with Crippen molar-refractivity contribution in [3.63, 3.8) is 0 Å². The van der Waals surface area contributed by atoms with Gasteiger partial charge in [0, 0.05) is 19.0 Å². The van der Waals surface area contributed by atoms with E-state index < -0.39 is 11.6 Å². The summed E-state index contributed by atoms with van der Waals surface area (Å²) in [6.45, 7) is 7.82. The molecule has 5 nitrogen and oxygen atoms in total. The standard InChI is InChI=1S/C21H34N2O3S/c1-7-8-12-27-17-11-9-10-16(13-17)14-18(20(25)26-21(2,3)4)22-15-19(24)23(5)6/h9-11,13,18,22H,7-8,12,14-15H2,1-6H3. The van der Waals surface area contributed by atoms with Crippen molar-refractivity contribution in [2.24, 2.45) is 0 Å². The number of likely N-dealkylation sites (N-methyl/N-ethyl adjacent to an activating group) is 1. The van der Waals surface area contributed by atoms with E-state index >= 15 is 0 Å². The minimum absolute atomic E-state index is 0.0765. The number of thioether (sulfide) groups is 1. The molecule has 1 rings (SSSR count). The van der Waals surface area contributed by atoms with Gasteiger partial charge < -0.3 is 9.64 Å². The number of ether oxygens (including phenoxy) is 1. The van der Waals surface area contributed by atoms with E-state index in [1.165, 1.54) is 22.6 Å². The zero-order valence-corrected chi connectivity index (χ0v) is 18.3. The van der Waals surface area contributed by atoms with Crippen LogP contribution in [0.3, 0.4) is 0 Å². The molecule has 0 fully saturated rings. The van der Waals surface area contributed by atoms with Gasteiger partial charge >= 0.3 is 5.97 Å². The van der Waals surface area contributed by atoms with Crippen LogP contribution in [0.1, 0.15) is 46.1 Å². The van der Waals surface area contributed by atoms with Crippen LogP contribution in [-0.4, -0.2) is 54.8 Å². The third kappa shape index (κ3) is 9.82. The lowest BCUT2D eigenvalue weighted by Crippen LogP contribution is -2.46. The Labute approximate surface area is 168 Å². The maximum atomic E-state index is 12.6. The highest BCUT2D eigenvalue weighted by molar-refractivity contribution is 7.99. The summed E-state index contributed by atoms with van der Waals surface area (Å²) in [6.07, 6.45) is 2.85. The number of esters is 1. The van der Waals surface area contributed by atoms with E-state index in [1.54, 1.807) is 14.1 Å². The Kier molecular flexibility index (Phi) is 9.88. The molecule has 0 aliphatic carbocycles. The summed E-state index contributed by atoms with van der Waals surface area (Å²) < 4.78 is 5.54. The predicted molar refractivity (Wildman–Crippen MR) is 112 cm³/mol. The number of carbonyl (C=O) groups is 2. The summed E-state index contributed by atoms with van der Waals surface area (Å²) in [7, 11) is 3.40. The van der Waals surface area contributed by atoms with Crippen LogP contribution < -0.4 is 5.32 Å². The summed E-state index contributed by atoms with van der Waals surface area (Å²) in [5.74, 6) is 0.677. The fourth-order valence-electron chi connectivity index (χ4n) is 2.31.